The van der Waals surface area contributed by atoms with E-state index in [0.29, 0.717) is 18.8 Å². The minimum absolute atomic E-state index is 0.115. The Morgan fingerprint density at radius 1 is 0.840 bits per heavy atom. The summed E-state index contributed by atoms with van der Waals surface area (Å²) in [5.41, 5.74) is 2.21. The Kier molecular flexibility index (Phi) is 5.95. The molecular weight excluding hydrogens is 316 g/mol. The number of benzene rings is 2. The third kappa shape index (κ3) is 4.53. The average molecular weight is 342 g/mol. The van der Waals surface area contributed by atoms with Crippen molar-refractivity contribution in [2.45, 2.75) is 38.1 Å². The van der Waals surface area contributed by atoms with Crippen LogP contribution in [0.1, 0.15) is 37.0 Å². The first kappa shape index (κ1) is 17.8. The molecule has 2 atom stereocenters. The van der Waals surface area contributed by atoms with Crippen molar-refractivity contribution >= 4 is 0 Å². The van der Waals surface area contributed by atoms with Crippen LogP contribution in [-0.2, 0) is 9.47 Å². The fourth-order valence-corrected chi connectivity index (χ4v) is 3.04. The maximum atomic E-state index is 6.24. The van der Waals surface area contributed by atoms with Gasteiger partial charge in [0.2, 0.25) is 0 Å². The average Bonchev–Trinajstić information content (AvgIpc) is 3.44. The van der Waals surface area contributed by atoms with Gasteiger partial charge >= 0.3 is 0 Å². The quantitative estimate of drug-likeness (QED) is 0.634. The Labute approximate surface area is 149 Å². The lowest BCUT2D eigenvalue weighted by molar-refractivity contribution is 0.0740. The van der Waals surface area contributed by atoms with Crippen LogP contribution >= 0.6 is 0 Å². The van der Waals surface area contributed by atoms with Gasteiger partial charge in [0.25, 0.3) is 0 Å². The van der Waals surface area contributed by atoms with E-state index in [9.17, 15) is 0 Å². The number of hydrogen-bond acceptors (Lipinski definition) is 4. The summed E-state index contributed by atoms with van der Waals surface area (Å²) in [7, 11) is 3.35. The van der Waals surface area contributed by atoms with Crippen LogP contribution in [0.5, 0.6) is 11.5 Å². The molecule has 0 N–H and O–H groups in total. The predicted molar refractivity (Wildman–Crippen MR) is 97.4 cm³/mol. The molecule has 134 valence electrons. The van der Waals surface area contributed by atoms with Crippen LogP contribution in [0, 0.1) is 0 Å². The fourth-order valence-electron chi connectivity index (χ4n) is 3.04. The minimum Gasteiger partial charge on any atom is -0.497 e. The molecule has 1 heterocycles. The lowest BCUT2D eigenvalue weighted by atomic mass is 10.0. The Bertz CT molecular complexity index is 603. The van der Waals surface area contributed by atoms with E-state index < -0.39 is 0 Å². The van der Waals surface area contributed by atoms with Gasteiger partial charge in [-0.3, -0.25) is 0 Å². The van der Waals surface area contributed by atoms with Gasteiger partial charge in [-0.05, 0) is 48.2 Å². The number of epoxide rings is 1. The smallest absolute Gasteiger partial charge is 0.118 e. The number of rotatable bonds is 9. The van der Waals surface area contributed by atoms with Crippen molar-refractivity contribution in [2.24, 2.45) is 0 Å². The summed E-state index contributed by atoms with van der Waals surface area (Å²) in [6.07, 6.45) is 2.67. The molecule has 4 heteroatoms. The van der Waals surface area contributed by atoms with Crippen molar-refractivity contribution in [3.05, 3.63) is 59.7 Å². The SMILES string of the molecule is CCC1OC1CCOC(c1ccc(OC)cc1)c1ccc(OC)cc1. The van der Waals surface area contributed by atoms with Crippen molar-refractivity contribution in [1.29, 1.82) is 0 Å². The van der Waals surface area contributed by atoms with Crippen molar-refractivity contribution in [3.8, 4) is 11.5 Å². The third-order valence-electron chi connectivity index (χ3n) is 4.61. The number of hydrogen-bond donors (Lipinski definition) is 0. The number of ether oxygens (including phenoxy) is 4. The van der Waals surface area contributed by atoms with Gasteiger partial charge in [0.05, 0.1) is 33.0 Å². The standard InChI is InChI=1S/C21H26O4/c1-4-19-20(25-19)13-14-24-21(15-5-9-17(22-2)10-6-15)16-7-11-18(23-3)12-8-16/h5-12,19-21H,4,13-14H2,1-3H3. The first-order chi connectivity index (χ1) is 12.2. The Balaban J connectivity index is 1.72. The van der Waals surface area contributed by atoms with Crippen molar-refractivity contribution < 1.29 is 18.9 Å². The van der Waals surface area contributed by atoms with Gasteiger partial charge in [-0.1, -0.05) is 31.2 Å². The molecule has 0 amide bonds. The van der Waals surface area contributed by atoms with Gasteiger partial charge in [0.1, 0.15) is 17.6 Å². The molecule has 0 saturated carbocycles. The summed E-state index contributed by atoms with van der Waals surface area (Å²) in [5.74, 6) is 1.68. The molecule has 3 rings (SSSR count). The first-order valence-electron chi connectivity index (χ1n) is 8.80. The Morgan fingerprint density at radius 2 is 1.36 bits per heavy atom. The molecule has 1 fully saturated rings. The van der Waals surface area contributed by atoms with Crippen molar-refractivity contribution in [1.82, 2.24) is 0 Å². The Hall–Kier alpha value is -2.04. The molecule has 1 aliphatic heterocycles. The summed E-state index contributed by atoms with van der Waals surface area (Å²) in [6, 6.07) is 16.1. The zero-order valence-electron chi connectivity index (χ0n) is 15.1. The first-order valence-corrected chi connectivity index (χ1v) is 8.80. The third-order valence-corrected chi connectivity index (χ3v) is 4.61. The molecule has 1 aliphatic rings. The largest absolute Gasteiger partial charge is 0.497 e. The van der Waals surface area contributed by atoms with E-state index in [1.807, 2.05) is 24.3 Å². The van der Waals surface area contributed by atoms with E-state index in [0.717, 1.165) is 35.5 Å². The summed E-state index contributed by atoms with van der Waals surface area (Å²) in [5, 5.41) is 0. The van der Waals surface area contributed by atoms with Gasteiger partial charge in [0.15, 0.2) is 0 Å². The molecule has 4 nitrogen and oxygen atoms in total. The van der Waals surface area contributed by atoms with E-state index >= 15 is 0 Å². The molecule has 0 aliphatic carbocycles. The Morgan fingerprint density at radius 3 is 1.76 bits per heavy atom. The van der Waals surface area contributed by atoms with Crippen LogP contribution in [0.3, 0.4) is 0 Å². The highest BCUT2D eigenvalue weighted by Crippen LogP contribution is 2.32. The van der Waals surface area contributed by atoms with E-state index in [4.69, 9.17) is 18.9 Å². The lowest BCUT2D eigenvalue weighted by Crippen LogP contribution is -2.09. The van der Waals surface area contributed by atoms with E-state index in [-0.39, 0.29) is 6.10 Å². The molecule has 1 saturated heterocycles. The van der Waals surface area contributed by atoms with Crippen LogP contribution in [0.4, 0.5) is 0 Å². The van der Waals surface area contributed by atoms with Crippen LogP contribution in [0.25, 0.3) is 0 Å². The van der Waals surface area contributed by atoms with Crippen molar-refractivity contribution in [3.63, 3.8) is 0 Å². The van der Waals surface area contributed by atoms with Gasteiger partial charge in [0, 0.05) is 0 Å². The maximum Gasteiger partial charge on any atom is 0.118 e. The second kappa shape index (κ2) is 8.37. The molecule has 2 unspecified atom stereocenters. The molecular formula is C21H26O4. The van der Waals surface area contributed by atoms with Gasteiger partial charge in [-0.25, -0.2) is 0 Å². The second-order valence-electron chi connectivity index (χ2n) is 6.21. The minimum atomic E-state index is -0.115. The summed E-state index contributed by atoms with van der Waals surface area (Å²) >= 11 is 0. The summed E-state index contributed by atoms with van der Waals surface area (Å²) in [6.45, 7) is 2.83. The maximum absolute atomic E-state index is 6.24. The normalized spacial score (nSPS) is 19.0. The lowest BCUT2D eigenvalue weighted by Gasteiger charge is -2.19. The number of methoxy groups -OCH3 is 2. The van der Waals surface area contributed by atoms with Crippen LogP contribution in [-0.4, -0.2) is 33.0 Å². The highest BCUT2D eigenvalue weighted by molar-refractivity contribution is 5.36. The fraction of sp³-hybridized carbons (Fsp3) is 0.429. The summed E-state index contributed by atoms with van der Waals surface area (Å²) in [4.78, 5) is 0. The molecule has 2 aromatic rings. The van der Waals surface area contributed by atoms with Crippen molar-refractivity contribution in [2.75, 3.05) is 20.8 Å². The molecule has 0 spiro atoms. The highest BCUT2D eigenvalue weighted by Gasteiger charge is 2.36. The highest BCUT2D eigenvalue weighted by atomic mass is 16.6. The molecule has 0 radical (unpaired) electrons. The van der Waals surface area contributed by atoms with E-state index in [1.165, 1.54) is 0 Å². The van der Waals surface area contributed by atoms with Crippen LogP contribution in [0.15, 0.2) is 48.5 Å². The molecule has 2 aromatic carbocycles. The predicted octanol–water partition coefficient (Wildman–Crippen LogP) is 4.38. The topological polar surface area (TPSA) is 40.2 Å². The van der Waals surface area contributed by atoms with Crippen LogP contribution < -0.4 is 9.47 Å². The zero-order chi connectivity index (χ0) is 17.6. The monoisotopic (exact) mass is 342 g/mol. The van der Waals surface area contributed by atoms with Gasteiger partial charge < -0.3 is 18.9 Å². The second-order valence-corrected chi connectivity index (χ2v) is 6.21. The van der Waals surface area contributed by atoms with Gasteiger partial charge in [-0.15, -0.1) is 0 Å². The van der Waals surface area contributed by atoms with E-state index in [2.05, 4.69) is 31.2 Å². The van der Waals surface area contributed by atoms with Crippen LogP contribution in [0.2, 0.25) is 0 Å². The molecule has 0 aromatic heterocycles. The molecule has 25 heavy (non-hydrogen) atoms. The summed E-state index contributed by atoms with van der Waals surface area (Å²) < 4.78 is 22.4. The molecule has 0 bridgehead atoms. The van der Waals surface area contributed by atoms with E-state index in [1.54, 1.807) is 14.2 Å². The van der Waals surface area contributed by atoms with Gasteiger partial charge in [-0.2, -0.15) is 0 Å². The zero-order valence-corrected chi connectivity index (χ0v) is 15.1.